The molecule has 0 aliphatic carbocycles. The maximum absolute atomic E-state index is 12.3. The fourth-order valence-corrected chi connectivity index (χ4v) is 3.01. The minimum atomic E-state index is -3.61. The average Bonchev–Trinajstić information content (AvgIpc) is 2.42. The highest BCUT2D eigenvalue weighted by atomic mass is 32.2. The summed E-state index contributed by atoms with van der Waals surface area (Å²) in [6.45, 7) is 7.26. The molecule has 0 aliphatic heterocycles. The Balaban J connectivity index is 2.86. The first-order chi connectivity index (χ1) is 9.51. The van der Waals surface area contributed by atoms with E-state index in [-0.39, 0.29) is 10.9 Å². The minimum Gasteiger partial charge on any atom is -0.384 e. The van der Waals surface area contributed by atoms with E-state index >= 15 is 0 Å². The molecular formula is C13H23N3O3S. The van der Waals surface area contributed by atoms with Crippen LogP contribution in [0.5, 0.6) is 0 Å². The molecule has 1 rings (SSSR count). The molecule has 0 bridgehead atoms. The number of ether oxygens (including phenoxy) is 1. The predicted octanol–water partition coefficient (Wildman–Crippen LogP) is 1.61. The number of nitrogens with one attached hydrogen (secondary N) is 2. The lowest BCUT2D eigenvalue weighted by atomic mass is 10.4. The first-order valence-electron chi connectivity index (χ1n) is 6.79. The van der Waals surface area contributed by atoms with Crippen LogP contribution in [0.25, 0.3) is 0 Å². The molecule has 0 saturated carbocycles. The van der Waals surface area contributed by atoms with Gasteiger partial charge < -0.3 is 10.1 Å². The van der Waals surface area contributed by atoms with E-state index in [9.17, 15) is 8.42 Å². The third-order valence-electron chi connectivity index (χ3n) is 2.57. The number of pyridine rings is 1. The van der Waals surface area contributed by atoms with Crippen LogP contribution in [0.4, 0.5) is 5.69 Å². The van der Waals surface area contributed by atoms with Gasteiger partial charge in [-0.2, -0.15) is 0 Å². The van der Waals surface area contributed by atoms with Crippen molar-refractivity contribution >= 4 is 15.7 Å². The normalized spacial score (nSPS) is 13.2. The molecule has 0 fully saturated rings. The first-order valence-corrected chi connectivity index (χ1v) is 8.27. The van der Waals surface area contributed by atoms with E-state index in [2.05, 4.69) is 15.0 Å². The standard InChI is InChI=1S/C13H23N3O3S/c1-4-7-15-12-6-8-14-9-13(12)20(17,18)16-11(3)10-19-5-2/h6,8-9,11,16H,4-5,7,10H2,1-3H3,(H,14,15). The molecule has 20 heavy (non-hydrogen) atoms. The van der Waals surface area contributed by atoms with Crippen LogP contribution in [0.2, 0.25) is 0 Å². The molecule has 0 saturated heterocycles. The Kier molecular flexibility index (Phi) is 6.90. The smallest absolute Gasteiger partial charge is 0.244 e. The Hall–Kier alpha value is -1.18. The number of anilines is 1. The van der Waals surface area contributed by atoms with Gasteiger partial charge in [0.2, 0.25) is 10.0 Å². The Labute approximate surface area is 121 Å². The monoisotopic (exact) mass is 301 g/mol. The van der Waals surface area contributed by atoms with Gasteiger partial charge in [0.15, 0.2) is 0 Å². The highest BCUT2D eigenvalue weighted by Crippen LogP contribution is 2.19. The van der Waals surface area contributed by atoms with Crippen LogP contribution in [-0.2, 0) is 14.8 Å². The second-order valence-electron chi connectivity index (χ2n) is 4.48. The molecule has 1 heterocycles. The van der Waals surface area contributed by atoms with Crippen molar-refractivity contribution in [3.63, 3.8) is 0 Å². The second kappa shape index (κ2) is 8.18. The van der Waals surface area contributed by atoms with Gasteiger partial charge in [-0.25, -0.2) is 13.1 Å². The lowest BCUT2D eigenvalue weighted by molar-refractivity contribution is 0.133. The third-order valence-corrected chi connectivity index (χ3v) is 4.18. The van der Waals surface area contributed by atoms with Crippen molar-refractivity contribution < 1.29 is 13.2 Å². The van der Waals surface area contributed by atoms with Gasteiger partial charge in [-0.15, -0.1) is 0 Å². The summed E-state index contributed by atoms with van der Waals surface area (Å²) in [7, 11) is -3.61. The van der Waals surface area contributed by atoms with Gasteiger partial charge in [-0.05, 0) is 26.3 Å². The van der Waals surface area contributed by atoms with Crippen molar-refractivity contribution in [3.05, 3.63) is 18.5 Å². The first kappa shape index (κ1) is 16.9. The molecule has 7 heteroatoms. The summed E-state index contributed by atoms with van der Waals surface area (Å²) in [6.07, 6.45) is 3.84. The maximum atomic E-state index is 12.3. The molecule has 114 valence electrons. The average molecular weight is 301 g/mol. The van der Waals surface area contributed by atoms with Gasteiger partial charge in [0.05, 0.1) is 12.3 Å². The van der Waals surface area contributed by atoms with Crippen molar-refractivity contribution in [1.29, 1.82) is 0 Å². The third kappa shape index (κ3) is 5.07. The number of aromatic nitrogens is 1. The Bertz CT molecular complexity index is 505. The van der Waals surface area contributed by atoms with E-state index in [0.29, 0.717) is 25.4 Å². The van der Waals surface area contributed by atoms with E-state index < -0.39 is 10.0 Å². The van der Waals surface area contributed by atoms with Crippen LogP contribution in [0.3, 0.4) is 0 Å². The fraction of sp³-hybridized carbons (Fsp3) is 0.615. The van der Waals surface area contributed by atoms with Gasteiger partial charge in [-0.3, -0.25) is 4.98 Å². The van der Waals surface area contributed by atoms with Gasteiger partial charge in [0.1, 0.15) is 4.90 Å². The molecule has 0 spiro atoms. The summed E-state index contributed by atoms with van der Waals surface area (Å²) in [5.74, 6) is 0. The molecular weight excluding hydrogens is 278 g/mol. The topological polar surface area (TPSA) is 80.3 Å². The van der Waals surface area contributed by atoms with Crippen LogP contribution < -0.4 is 10.0 Å². The summed E-state index contributed by atoms with van der Waals surface area (Å²) >= 11 is 0. The van der Waals surface area contributed by atoms with E-state index in [1.54, 1.807) is 19.2 Å². The van der Waals surface area contributed by atoms with E-state index in [1.807, 2.05) is 13.8 Å². The molecule has 1 unspecified atom stereocenters. The van der Waals surface area contributed by atoms with Gasteiger partial charge >= 0.3 is 0 Å². The number of rotatable bonds is 9. The molecule has 1 aromatic heterocycles. The molecule has 2 N–H and O–H groups in total. The summed E-state index contributed by atoms with van der Waals surface area (Å²) in [5, 5.41) is 3.10. The van der Waals surface area contributed by atoms with Crippen LogP contribution in [0.1, 0.15) is 27.2 Å². The van der Waals surface area contributed by atoms with Crippen LogP contribution in [-0.4, -0.2) is 39.2 Å². The van der Waals surface area contributed by atoms with Gasteiger partial charge in [-0.1, -0.05) is 6.92 Å². The Morgan fingerprint density at radius 1 is 1.40 bits per heavy atom. The number of hydrogen-bond donors (Lipinski definition) is 2. The lowest BCUT2D eigenvalue weighted by Gasteiger charge is -2.16. The maximum Gasteiger partial charge on any atom is 0.244 e. The predicted molar refractivity (Wildman–Crippen MR) is 79.3 cm³/mol. The van der Waals surface area contributed by atoms with Crippen molar-refractivity contribution in [2.24, 2.45) is 0 Å². The number of hydrogen-bond acceptors (Lipinski definition) is 5. The van der Waals surface area contributed by atoms with Crippen LogP contribution in [0, 0.1) is 0 Å². The summed E-state index contributed by atoms with van der Waals surface area (Å²) in [6, 6.07) is 1.37. The molecule has 0 aliphatic rings. The van der Waals surface area contributed by atoms with E-state index in [4.69, 9.17) is 4.74 Å². The molecule has 6 nitrogen and oxygen atoms in total. The van der Waals surface area contributed by atoms with Crippen LogP contribution in [0.15, 0.2) is 23.4 Å². The molecule has 0 aromatic carbocycles. The van der Waals surface area contributed by atoms with Crippen molar-refractivity contribution in [1.82, 2.24) is 9.71 Å². The zero-order valence-electron chi connectivity index (χ0n) is 12.2. The fourth-order valence-electron chi connectivity index (χ4n) is 1.66. The zero-order valence-corrected chi connectivity index (χ0v) is 13.0. The molecule has 0 amide bonds. The highest BCUT2D eigenvalue weighted by molar-refractivity contribution is 7.89. The van der Waals surface area contributed by atoms with Crippen molar-refractivity contribution in [2.75, 3.05) is 25.1 Å². The summed E-state index contributed by atoms with van der Waals surface area (Å²) < 4.78 is 32.5. The Morgan fingerprint density at radius 2 is 2.15 bits per heavy atom. The van der Waals surface area contributed by atoms with Gasteiger partial charge in [0, 0.05) is 31.6 Å². The summed E-state index contributed by atoms with van der Waals surface area (Å²) in [4.78, 5) is 4.06. The van der Waals surface area contributed by atoms with Gasteiger partial charge in [0.25, 0.3) is 0 Å². The second-order valence-corrected chi connectivity index (χ2v) is 6.16. The molecule has 1 aromatic rings. The molecule has 0 radical (unpaired) electrons. The largest absolute Gasteiger partial charge is 0.384 e. The van der Waals surface area contributed by atoms with Crippen molar-refractivity contribution in [2.45, 2.75) is 38.1 Å². The Morgan fingerprint density at radius 3 is 2.80 bits per heavy atom. The van der Waals surface area contributed by atoms with Crippen LogP contribution >= 0.6 is 0 Å². The quantitative estimate of drug-likeness (QED) is 0.724. The zero-order chi connectivity index (χ0) is 15.0. The number of nitrogens with zero attached hydrogens (tertiary/aromatic N) is 1. The van der Waals surface area contributed by atoms with E-state index in [0.717, 1.165) is 6.42 Å². The molecule has 1 atom stereocenters. The van der Waals surface area contributed by atoms with E-state index in [1.165, 1.54) is 6.20 Å². The minimum absolute atomic E-state index is 0.164. The lowest BCUT2D eigenvalue weighted by Crippen LogP contribution is -2.36. The number of sulfonamides is 1. The SMILES string of the molecule is CCCNc1ccncc1S(=O)(=O)NC(C)COCC. The van der Waals surface area contributed by atoms with Crippen molar-refractivity contribution in [3.8, 4) is 0 Å². The summed E-state index contributed by atoms with van der Waals surface area (Å²) in [5.41, 5.74) is 0.568. The highest BCUT2D eigenvalue weighted by Gasteiger charge is 2.21.